The molecule has 0 fully saturated rings. The maximum absolute atomic E-state index is 12.1. The topological polar surface area (TPSA) is 119 Å². The average Bonchev–Trinajstić information content (AvgIpc) is 3.06. The highest BCUT2D eigenvalue weighted by atomic mass is 16.6. The molecule has 26 heavy (non-hydrogen) atoms. The average molecular weight is 349 g/mol. The number of nitrogens with zero attached hydrogens (tertiary/aromatic N) is 2. The zero-order chi connectivity index (χ0) is 18.7. The summed E-state index contributed by atoms with van der Waals surface area (Å²) in [6.45, 7) is 1.42. The first-order chi connectivity index (χ1) is 12.5. The Labute approximate surface area is 148 Å². The summed E-state index contributed by atoms with van der Waals surface area (Å²) < 4.78 is 5.16. The summed E-state index contributed by atoms with van der Waals surface area (Å²) in [6.07, 6.45) is -1.11. The number of nitriles is 1. The van der Waals surface area contributed by atoms with Crippen LogP contribution in [0.2, 0.25) is 0 Å². The van der Waals surface area contributed by atoms with Gasteiger partial charge in [-0.25, -0.2) is 9.78 Å². The molecule has 2 aromatic carbocycles. The van der Waals surface area contributed by atoms with Crippen molar-refractivity contribution in [2.75, 3.05) is 0 Å². The first-order valence-electron chi connectivity index (χ1n) is 7.78. The van der Waals surface area contributed by atoms with Gasteiger partial charge in [-0.15, -0.1) is 0 Å². The molecule has 0 spiro atoms. The number of aromatic nitrogens is 2. The van der Waals surface area contributed by atoms with Crippen molar-refractivity contribution in [1.29, 1.82) is 5.26 Å². The number of rotatable bonds is 4. The fraction of sp³-hybridized carbons (Fsp3) is 0.105. The van der Waals surface area contributed by atoms with Crippen molar-refractivity contribution in [1.82, 2.24) is 9.97 Å². The van der Waals surface area contributed by atoms with Crippen molar-refractivity contribution in [2.24, 2.45) is 0 Å². The Morgan fingerprint density at radius 1 is 1.23 bits per heavy atom. The van der Waals surface area contributed by atoms with E-state index in [1.807, 2.05) is 12.1 Å². The molecule has 1 aromatic heterocycles. The zero-order valence-corrected chi connectivity index (χ0v) is 13.8. The number of fused-ring (bicyclic) bond motifs is 1. The molecule has 7 nitrogen and oxygen atoms in total. The van der Waals surface area contributed by atoms with Crippen molar-refractivity contribution < 1.29 is 19.7 Å². The van der Waals surface area contributed by atoms with Gasteiger partial charge in [-0.2, -0.15) is 5.26 Å². The minimum atomic E-state index is -1.11. The predicted molar refractivity (Wildman–Crippen MR) is 94.2 cm³/mol. The molecule has 0 amide bonds. The van der Waals surface area contributed by atoms with Gasteiger partial charge >= 0.3 is 5.97 Å². The predicted octanol–water partition coefficient (Wildman–Crippen LogP) is 3.31. The number of nitrogens with one attached hydrogen (secondary N) is 1. The first-order valence-corrected chi connectivity index (χ1v) is 7.78. The summed E-state index contributed by atoms with van der Waals surface area (Å²) >= 11 is 0. The number of carbonyl (C=O) groups excluding carboxylic acids is 1. The quantitative estimate of drug-likeness (QED) is 0.378. The molecule has 3 aromatic rings. The van der Waals surface area contributed by atoms with Crippen LogP contribution in [0.4, 0.5) is 0 Å². The van der Waals surface area contributed by atoms with Crippen LogP contribution in [0.3, 0.4) is 0 Å². The number of aromatic hydroxyl groups is 1. The maximum atomic E-state index is 12.1. The minimum Gasteiger partial charge on any atom is -0.507 e. The number of aliphatic hydroxyl groups excluding tert-OH is 1. The van der Waals surface area contributed by atoms with Crippen molar-refractivity contribution in [3.8, 4) is 11.8 Å². The largest absolute Gasteiger partial charge is 0.507 e. The Kier molecular flexibility index (Phi) is 4.58. The molecule has 3 N–H and O–H groups in total. The fourth-order valence-electron chi connectivity index (χ4n) is 2.43. The van der Waals surface area contributed by atoms with Crippen molar-refractivity contribution in [3.05, 3.63) is 65.7 Å². The van der Waals surface area contributed by atoms with Crippen molar-refractivity contribution in [2.45, 2.75) is 13.0 Å². The standard InChI is InChI=1S/C19H15N3O4/c1-11(26-19(25)12-6-2-5-9-16(12)23)17(24)13(10-20)18-21-14-7-3-4-8-15(14)22-18/h2-9,11,23-24H,1H3,(H,21,22)/t11-/m0/s1. The van der Waals surface area contributed by atoms with Crippen LogP contribution in [0.15, 0.2) is 54.3 Å². The van der Waals surface area contributed by atoms with E-state index >= 15 is 0 Å². The van der Waals surface area contributed by atoms with Crippen LogP contribution in [0.25, 0.3) is 16.6 Å². The molecular formula is C19H15N3O4. The van der Waals surface area contributed by atoms with E-state index in [0.717, 1.165) is 0 Å². The molecule has 0 saturated carbocycles. The fourth-order valence-corrected chi connectivity index (χ4v) is 2.43. The highest BCUT2D eigenvalue weighted by Gasteiger charge is 2.22. The second-order valence-corrected chi connectivity index (χ2v) is 5.54. The van der Waals surface area contributed by atoms with Gasteiger partial charge in [0.25, 0.3) is 0 Å². The van der Waals surface area contributed by atoms with Gasteiger partial charge in [-0.3, -0.25) is 0 Å². The number of imidazole rings is 1. The number of hydrogen-bond donors (Lipinski definition) is 3. The molecule has 7 heteroatoms. The number of aliphatic hydroxyl groups is 1. The third kappa shape index (κ3) is 3.21. The Morgan fingerprint density at radius 3 is 2.62 bits per heavy atom. The van der Waals surface area contributed by atoms with Gasteiger partial charge in [0.1, 0.15) is 23.0 Å². The highest BCUT2D eigenvalue weighted by Crippen LogP contribution is 2.23. The summed E-state index contributed by atoms with van der Waals surface area (Å²) in [4.78, 5) is 19.4. The number of hydrogen-bond acceptors (Lipinski definition) is 6. The third-order valence-corrected chi connectivity index (χ3v) is 3.79. The number of esters is 1. The number of para-hydroxylation sites is 3. The van der Waals surface area contributed by atoms with E-state index in [4.69, 9.17) is 4.74 Å². The number of phenolic OH excluding ortho intramolecular Hbond substituents is 1. The summed E-state index contributed by atoms with van der Waals surface area (Å²) in [6, 6.07) is 15.0. The number of ether oxygens (including phenoxy) is 1. The molecule has 130 valence electrons. The van der Waals surface area contributed by atoms with Gasteiger partial charge in [-0.05, 0) is 31.2 Å². The van der Waals surface area contributed by atoms with E-state index in [0.29, 0.717) is 11.0 Å². The summed E-state index contributed by atoms with van der Waals surface area (Å²) in [5.41, 5.74) is 1.19. The smallest absolute Gasteiger partial charge is 0.342 e. The van der Waals surface area contributed by atoms with E-state index in [-0.39, 0.29) is 22.7 Å². The van der Waals surface area contributed by atoms with E-state index < -0.39 is 17.8 Å². The molecule has 0 bridgehead atoms. The lowest BCUT2D eigenvalue weighted by Gasteiger charge is -2.14. The molecule has 1 atom stereocenters. The molecule has 0 aliphatic rings. The lowest BCUT2D eigenvalue weighted by atomic mass is 10.1. The zero-order valence-electron chi connectivity index (χ0n) is 13.8. The SMILES string of the molecule is C[C@H](OC(=O)c1ccccc1O)C(O)=C(C#N)c1nc2ccccc2[nH]1. The molecule has 1 heterocycles. The van der Waals surface area contributed by atoms with E-state index in [1.165, 1.54) is 19.1 Å². The maximum Gasteiger partial charge on any atom is 0.342 e. The van der Waals surface area contributed by atoms with Gasteiger partial charge in [-0.1, -0.05) is 24.3 Å². The summed E-state index contributed by atoms with van der Waals surface area (Å²) in [7, 11) is 0. The third-order valence-electron chi connectivity index (χ3n) is 3.79. The molecule has 0 aliphatic heterocycles. The summed E-state index contributed by atoms with van der Waals surface area (Å²) in [5, 5.41) is 29.5. The number of allylic oxidation sites excluding steroid dienone is 1. The monoisotopic (exact) mass is 349 g/mol. The Balaban J connectivity index is 1.89. The molecule has 3 rings (SSSR count). The number of benzene rings is 2. The van der Waals surface area contributed by atoms with Gasteiger partial charge in [0.2, 0.25) is 0 Å². The molecule has 0 unspecified atom stereocenters. The van der Waals surface area contributed by atoms with E-state index in [9.17, 15) is 20.3 Å². The number of H-pyrrole nitrogens is 1. The minimum absolute atomic E-state index is 0.0330. The molecular weight excluding hydrogens is 334 g/mol. The van der Waals surface area contributed by atoms with Crippen molar-refractivity contribution in [3.63, 3.8) is 0 Å². The van der Waals surface area contributed by atoms with Crippen LogP contribution in [0.5, 0.6) is 5.75 Å². The first kappa shape index (κ1) is 17.0. The molecule has 0 aliphatic carbocycles. The summed E-state index contributed by atoms with van der Waals surface area (Å²) in [5.74, 6) is -1.30. The van der Waals surface area contributed by atoms with Crippen LogP contribution in [-0.4, -0.2) is 32.3 Å². The van der Waals surface area contributed by atoms with Crippen LogP contribution >= 0.6 is 0 Å². The van der Waals surface area contributed by atoms with E-state index in [2.05, 4.69) is 9.97 Å². The molecule has 0 saturated heterocycles. The Morgan fingerprint density at radius 2 is 1.92 bits per heavy atom. The number of carbonyl (C=O) groups is 1. The lowest BCUT2D eigenvalue weighted by Crippen LogP contribution is -2.18. The van der Waals surface area contributed by atoms with Gasteiger partial charge < -0.3 is 19.9 Å². The van der Waals surface area contributed by atoms with Crippen LogP contribution in [0.1, 0.15) is 23.1 Å². The second-order valence-electron chi connectivity index (χ2n) is 5.54. The van der Waals surface area contributed by atoms with Gasteiger partial charge in [0.15, 0.2) is 17.7 Å². The highest BCUT2D eigenvalue weighted by molar-refractivity contribution is 5.92. The lowest BCUT2D eigenvalue weighted by molar-refractivity contribution is 0.0331. The van der Waals surface area contributed by atoms with E-state index in [1.54, 1.807) is 30.3 Å². The normalized spacial score (nSPS) is 12.9. The van der Waals surface area contributed by atoms with Crippen LogP contribution < -0.4 is 0 Å². The van der Waals surface area contributed by atoms with Crippen molar-refractivity contribution >= 4 is 22.6 Å². The molecule has 0 radical (unpaired) electrons. The van der Waals surface area contributed by atoms with Gasteiger partial charge in [0.05, 0.1) is 11.0 Å². The number of phenols is 1. The van der Waals surface area contributed by atoms with Crippen LogP contribution in [0, 0.1) is 11.3 Å². The number of aromatic amines is 1. The van der Waals surface area contributed by atoms with Gasteiger partial charge in [0, 0.05) is 0 Å². The Bertz CT molecular complexity index is 1010. The second kappa shape index (κ2) is 6.99. The Hall–Kier alpha value is -3.79. The van der Waals surface area contributed by atoms with Crippen LogP contribution in [-0.2, 0) is 4.74 Å².